The second-order valence-electron chi connectivity index (χ2n) is 2.51. The molecule has 0 heterocycles. The third-order valence-corrected chi connectivity index (χ3v) is 1.79. The van der Waals surface area contributed by atoms with E-state index in [0.29, 0.717) is 0 Å². The first-order chi connectivity index (χ1) is 6.91. The van der Waals surface area contributed by atoms with E-state index >= 15 is 0 Å². The summed E-state index contributed by atoms with van der Waals surface area (Å²) < 4.78 is 0. The fraction of sp³-hybridized carbons (Fsp3) is 0. The largest absolute Gasteiger partial charge is 0.504 e. The standard InChI is InChI=1S/C7H5ClN2O5/c8-4-1-3(10(14)15)2-5(6(4)11)9-7(12)13/h1-2,9,11H,(H,12,13). The van der Waals surface area contributed by atoms with Gasteiger partial charge in [0.15, 0.2) is 5.75 Å². The first-order valence-corrected chi connectivity index (χ1v) is 3.96. The van der Waals surface area contributed by atoms with Crippen LogP contribution in [0.2, 0.25) is 5.02 Å². The number of nitrogens with one attached hydrogen (secondary N) is 1. The van der Waals surface area contributed by atoms with Crippen molar-refractivity contribution in [2.24, 2.45) is 0 Å². The molecule has 1 aromatic rings. The van der Waals surface area contributed by atoms with Gasteiger partial charge in [0, 0.05) is 12.1 Å². The van der Waals surface area contributed by atoms with E-state index in [1.165, 1.54) is 0 Å². The minimum absolute atomic E-state index is 0.298. The number of carbonyl (C=O) groups is 1. The molecule has 0 aromatic heterocycles. The summed E-state index contributed by atoms with van der Waals surface area (Å²) in [5, 5.41) is 29.5. The Morgan fingerprint density at radius 3 is 2.60 bits per heavy atom. The first kappa shape index (κ1) is 11.1. The lowest BCUT2D eigenvalue weighted by Gasteiger charge is -2.05. The van der Waals surface area contributed by atoms with Gasteiger partial charge in [0.2, 0.25) is 0 Å². The zero-order valence-corrected chi connectivity index (χ0v) is 7.85. The van der Waals surface area contributed by atoms with Gasteiger partial charge in [0.25, 0.3) is 5.69 Å². The normalized spacial score (nSPS) is 9.67. The molecule has 0 unspecified atom stereocenters. The van der Waals surface area contributed by atoms with Gasteiger partial charge < -0.3 is 10.2 Å². The predicted molar refractivity (Wildman–Crippen MR) is 51.4 cm³/mol. The molecule has 0 saturated heterocycles. The Kier molecular flexibility index (Phi) is 2.96. The number of nitrogens with zero attached hydrogens (tertiary/aromatic N) is 1. The van der Waals surface area contributed by atoms with Crippen LogP contribution in [0.4, 0.5) is 16.2 Å². The third kappa shape index (κ3) is 2.47. The van der Waals surface area contributed by atoms with Crippen molar-refractivity contribution in [1.82, 2.24) is 0 Å². The van der Waals surface area contributed by atoms with Crippen LogP contribution >= 0.6 is 11.6 Å². The molecule has 0 radical (unpaired) electrons. The number of hydrogen-bond donors (Lipinski definition) is 3. The second-order valence-corrected chi connectivity index (χ2v) is 2.92. The molecule has 15 heavy (non-hydrogen) atoms. The van der Waals surface area contributed by atoms with Crippen molar-refractivity contribution in [3.05, 3.63) is 27.3 Å². The van der Waals surface area contributed by atoms with Crippen molar-refractivity contribution in [2.75, 3.05) is 5.32 Å². The number of benzene rings is 1. The summed E-state index contributed by atoms with van der Waals surface area (Å²) in [6.45, 7) is 0. The smallest absolute Gasteiger partial charge is 0.409 e. The number of carboxylic acid groups (broad SMARTS) is 1. The number of phenolic OH excluding ortho intramolecular Hbond substituents is 1. The Labute approximate surface area is 88.1 Å². The summed E-state index contributed by atoms with van der Waals surface area (Å²) >= 11 is 5.46. The molecule has 0 saturated carbocycles. The van der Waals surface area contributed by atoms with E-state index in [9.17, 15) is 20.0 Å². The molecule has 0 bridgehead atoms. The Morgan fingerprint density at radius 1 is 1.53 bits per heavy atom. The highest BCUT2D eigenvalue weighted by molar-refractivity contribution is 6.32. The Bertz CT molecular complexity index is 434. The number of hydrogen-bond acceptors (Lipinski definition) is 4. The Hall–Kier alpha value is -2.02. The number of aromatic hydroxyl groups is 1. The van der Waals surface area contributed by atoms with Crippen molar-refractivity contribution in [3.8, 4) is 5.75 Å². The van der Waals surface area contributed by atoms with Crippen LogP contribution in [0.25, 0.3) is 0 Å². The van der Waals surface area contributed by atoms with Gasteiger partial charge in [-0.15, -0.1) is 0 Å². The summed E-state index contributed by atoms with van der Waals surface area (Å²) in [6, 6.07) is 1.79. The van der Waals surface area contributed by atoms with E-state index in [1.807, 2.05) is 0 Å². The van der Waals surface area contributed by atoms with Crippen molar-refractivity contribution in [1.29, 1.82) is 0 Å². The predicted octanol–water partition coefficient (Wildman–Crippen LogP) is 2.04. The van der Waals surface area contributed by atoms with Gasteiger partial charge in [-0.25, -0.2) is 4.79 Å². The molecule has 7 nitrogen and oxygen atoms in total. The zero-order chi connectivity index (χ0) is 11.6. The van der Waals surface area contributed by atoms with Crippen LogP contribution in [0, 0.1) is 10.1 Å². The maximum atomic E-state index is 10.4. The number of non-ortho nitro benzene ring substituents is 1. The summed E-state index contributed by atoms with van der Waals surface area (Å²) in [5.74, 6) is -0.551. The Balaban J connectivity index is 3.24. The number of phenols is 1. The van der Waals surface area contributed by atoms with Gasteiger partial charge >= 0.3 is 6.09 Å². The molecule has 1 aromatic carbocycles. The minimum atomic E-state index is -1.46. The molecular formula is C7H5ClN2O5. The van der Waals surface area contributed by atoms with Crippen LogP contribution in [0.3, 0.4) is 0 Å². The SMILES string of the molecule is O=C(O)Nc1cc([N+](=O)[O-])cc(Cl)c1O. The summed E-state index contributed by atoms with van der Waals surface area (Å²) in [7, 11) is 0. The van der Waals surface area contributed by atoms with Crippen LogP contribution in [0.1, 0.15) is 0 Å². The topological polar surface area (TPSA) is 113 Å². The first-order valence-electron chi connectivity index (χ1n) is 3.58. The third-order valence-electron chi connectivity index (χ3n) is 1.50. The van der Waals surface area contributed by atoms with Crippen LogP contribution in [0.5, 0.6) is 5.75 Å². The van der Waals surface area contributed by atoms with Crippen molar-refractivity contribution < 1.29 is 19.9 Å². The average molecular weight is 233 g/mol. The lowest BCUT2D eigenvalue weighted by molar-refractivity contribution is -0.384. The summed E-state index contributed by atoms with van der Waals surface area (Å²) in [6.07, 6.45) is -1.46. The van der Waals surface area contributed by atoms with E-state index in [1.54, 1.807) is 5.32 Å². The summed E-state index contributed by atoms with van der Waals surface area (Å²) in [4.78, 5) is 19.9. The van der Waals surface area contributed by atoms with Crippen LogP contribution in [-0.2, 0) is 0 Å². The second kappa shape index (κ2) is 4.01. The monoisotopic (exact) mass is 232 g/mol. The Morgan fingerprint density at radius 2 is 2.13 bits per heavy atom. The van der Waals surface area contributed by atoms with E-state index < -0.39 is 22.5 Å². The molecule has 1 rings (SSSR count). The lowest BCUT2D eigenvalue weighted by Crippen LogP contribution is -2.07. The fourth-order valence-electron chi connectivity index (χ4n) is 0.901. The molecule has 8 heteroatoms. The van der Waals surface area contributed by atoms with Gasteiger partial charge in [-0.3, -0.25) is 15.4 Å². The molecule has 3 N–H and O–H groups in total. The van der Waals surface area contributed by atoms with Crippen molar-refractivity contribution >= 4 is 29.1 Å². The zero-order valence-electron chi connectivity index (χ0n) is 7.10. The van der Waals surface area contributed by atoms with Crippen LogP contribution in [-0.4, -0.2) is 21.2 Å². The van der Waals surface area contributed by atoms with E-state index in [4.69, 9.17) is 16.7 Å². The molecule has 0 aliphatic carbocycles. The molecule has 0 atom stereocenters. The van der Waals surface area contributed by atoms with Gasteiger partial charge in [0.05, 0.1) is 15.6 Å². The number of nitro benzene ring substituents is 1. The number of nitro groups is 1. The minimum Gasteiger partial charge on any atom is -0.504 e. The number of anilines is 1. The molecular weight excluding hydrogens is 228 g/mol. The van der Waals surface area contributed by atoms with Crippen LogP contribution < -0.4 is 5.32 Å². The highest BCUT2D eigenvalue weighted by atomic mass is 35.5. The number of halogens is 1. The highest BCUT2D eigenvalue weighted by Crippen LogP contribution is 2.35. The maximum Gasteiger partial charge on any atom is 0.409 e. The van der Waals surface area contributed by atoms with Crippen molar-refractivity contribution in [2.45, 2.75) is 0 Å². The molecule has 1 amide bonds. The van der Waals surface area contributed by atoms with Gasteiger partial charge in [-0.05, 0) is 0 Å². The number of amides is 1. The van der Waals surface area contributed by atoms with Gasteiger partial charge in [-0.2, -0.15) is 0 Å². The molecule has 0 spiro atoms. The van der Waals surface area contributed by atoms with E-state index in [-0.39, 0.29) is 10.7 Å². The van der Waals surface area contributed by atoms with Gasteiger partial charge in [-0.1, -0.05) is 11.6 Å². The molecule has 0 aliphatic heterocycles. The van der Waals surface area contributed by atoms with Gasteiger partial charge in [0.1, 0.15) is 0 Å². The maximum absolute atomic E-state index is 10.4. The molecule has 0 fully saturated rings. The van der Waals surface area contributed by atoms with E-state index in [2.05, 4.69) is 0 Å². The molecule has 80 valence electrons. The summed E-state index contributed by atoms with van der Waals surface area (Å²) in [5.41, 5.74) is -0.747. The molecule has 0 aliphatic rings. The van der Waals surface area contributed by atoms with Crippen LogP contribution in [0.15, 0.2) is 12.1 Å². The fourth-order valence-corrected chi connectivity index (χ4v) is 1.11. The van der Waals surface area contributed by atoms with Crippen molar-refractivity contribution in [3.63, 3.8) is 0 Å². The quantitative estimate of drug-likeness (QED) is 0.410. The highest BCUT2D eigenvalue weighted by Gasteiger charge is 2.16. The average Bonchev–Trinajstić information content (AvgIpc) is 2.11. The van der Waals surface area contributed by atoms with E-state index in [0.717, 1.165) is 12.1 Å². The lowest BCUT2D eigenvalue weighted by atomic mass is 10.2. The number of rotatable bonds is 2.